The zero-order valence-electron chi connectivity index (χ0n) is 11.3. The van der Waals surface area contributed by atoms with Gasteiger partial charge in [0.15, 0.2) is 0 Å². The van der Waals surface area contributed by atoms with Crippen LogP contribution < -0.4 is 11.2 Å². The highest BCUT2D eigenvalue weighted by atomic mass is 31.2. The quantitative estimate of drug-likeness (QED) is 0.381. The molecule has 2 heterocycles. The van der Waals surface area contributed by atoms with Gasteiger partial charge in [-0.2, -0.15) is 23.6 Å². The second-order valence-corrected chi connectivity index (χ2v) is 5.44. The van der Waals surface area contributed by atoms with Crippen LogP contribution in [0.2, 0.25) is 0 Å². The molecule has 1 aliphatic heterocycles. The molecule has 2 atom stereocenters. The van der Waals surface area contributed by atoms with Crippen molar-refractivity contribution < 1.29 is 28.3 Å². The highest BCUT2D eigenvalue weighted by molar-refractivity contribution is 7.53. The van der Waals surface area contributed by atoms with Crippen LogP contribution in [0.25, 0.3) is 0 Å². The van der Waals surface area contributed by atoms with Crippen LogP contribution in [0.15, 0.2) is 15.8 Å². The summed E-state index contributed by atoms with van der Waals surface area (Å²) < 4.78 is 22.9. The summed E-state index contributed by atoms with van der Waals surface area (Å²) in [6.45, 7) is -0.392. The predicted molar refractivity (Wildman–Crippen MR) is 75.5 cm³/mol. The third-order valence-electron chi connectivity index (χ3n) is 2.51. The first-order valence-electron chi connectivity index (χ1n) is 5.98. The van der Waals surface area contributed by atoms with Gasteiger partial charge in [0.2, 0.25) is 5.82 Å². The molecule has 0 bridgehead atoms. The first-order chi connectivity index (χ1) is 10.1. The molecule has 0 saturated carbocycles. The fraction of sp³-hybridized carbons (Fsp3) is 0.556. The average molecular weight is 333 g/mol. The van der Waals surface area contributed by atoms with Gasteiger partial charge in [0, 0.05) is 6.00 Å². The van der Waals surface area contributed by atoms with E-state index in [2.05, 4.69) is 12.4 Å². The van der Waals surface area contributed by atoms with Gasteiger partial charge in [-0.05, 0) is 12.8 Å². The number of hydrogen-bond acceptors (Lipinski definition) is 7. The van der Waals surface area contributed by atoms with Gasteiger partial charge in [-0.15, -0.1) is 0 Å². The molecule has 0 spiro atoms. The van der Waals surface area contributed by atoms with Gasteiger partial charge < -0.3 is 4.74 Å². The number of hydrogen-bond donors (Lipinski definition) is 4. The van der Waals surface area contributed by atoms with E-state index in [1.807, 2.05) is 4.98 Å². The van der Waals surface area contributed by atoms with E-state index in [0.717, 1.165) is 10.8 Å². The lowest BCUT2D eigenvalue weighted by Gasteiger charge is -2.13. The van der Waals surface area contributed by atoms with E-state index in [4.69, 9.17) is 27.3 Å². The van der Waals surface area contributed by atoms with E-state index in [1.165, 1.54) is 0 Å². The summed E-state index contributed by atoms with van der Waals surface area (Å²) >= 11 is 0. The van der Waals surface area contributed by atoms with Crippen molar-refractivity contribution >= 4 is 23.9 Å². The van der Waals surface area contributed by atoms with Crippen LogP contribution in [-0.4, -0.2) is 52.4 Å². The SMILES string of the molecule is [B]CO[P+](O)(O)O.[B][C@@H]1CCC(n2cc(F)c(=O)[nH]c2=O)O1. The highest BCUT2D eigenvalue weighted by Gasteiger charge is 2.31. The standard InChI is InChI=1S/C8H8BFN2O3.CH5BO4P/c9-5-1-2-6(15-5)12-3-4(10)7(13)11-8(12)14;2-1-6-7(3,4)5/h3,5-6H,1-2H2,(H,11,13,14);3-5H,1H2/q;+1/t5-,6?;/m0./s1. The summed E-state index contributed by atoms with van der Waals surface area (Å²) in [7, 11) is 6.08. The van der Waals surface area contributed by atoms with Crippen molar-refractivity contribution in [2.24, 2.45) is 0 Å². The van der Waals surface area contributed by atoms with Crippen molar-refractivity contribution in [3.63, 3.8) is 0 Å². The van der Waals surface area contributed by atoms with Crippen LogP contribution in [0.1, 0.15) is 19.1 Å². The first kappa shape index (κ1) is 19.0. The number of nitrogens with zero attached hydrogens (tertiary/aromatic N) is 1. The van der Waals surface area contributed by atoms with Gasteiger partial charge in [-0.3, -0.25) is 14.3 Å². The third-order valence-corrected chi connectivity index (χ3v) is 3.01. The number of nitrogens with one attached hydrogen (secondary N) is 1. The molecule has 1 unspecified atom stereocenters. The number of aromatic amines is 1. The van der Waals surface area contributed by atoms with Crippen molar-refractivity contribution in [2.45, 2.75) is 25.1 Å². The maximum atomic E-state index is 12.9. The Morgan fingerprint density at radius 2 is 2.09 bits per heavy atom. The Kier molecular flexibility index (Phi) is 6.92. The molecule has 0 aliphatic carbocycles. The summed E-state index contributed by atoms with van der Waals surface area (Å²) in [5, 5.41) is 0. The van der Waals surface area contributed by atoms with Crippen LogP contribution >= 0.6 is 8.17 Å². The van der Waals surface area contributed by atoms with E-state index in [-0.39, 0.29) is 0 Å². The number of aromatic nitrogens is 2. The van der Waals surface area contributed by atoms with Crippen molar-refractivity contribution in [1.29, 1.82) is 0 Å². The minimum atomic E-state index is -4.04. The van der Waals surface area contributed by atoms with E-state index < -0.39 is 44.0 Å². The lowest BCUT2D eigenvalue weighted by atomic mass is 9.98. The Morgan fingerprint density at radius 3 is 2.50 bits per heavy atom. The molecule has 4 N–H and O–H groups in total. The Morgan fingerprint density at radius 1 is 1.45 bits per heavy atom. The minimum Gasteiger partial charge on any atom is -0.364 e. The average Bonchev–Trinajstić information content (AvgIpc) is 2.79. The molecule has 13 heteroatoms. The molecule has 118 valence electrons. The van der Waals surface area contributed by atoms with Crippen LogP contribution in [0.5, 0.6) is 0 Å². The second kappa shape index (κ2) is 8.00. The summed E-state index contributed by atoms with van der Waals surface area (Å²) in [4.78, 5) is 47.7. The Bertz CT molecular complexity index is 605. The van der Waals surface area contributed by atoms with Gasteiger partial charge in [0.25, 0.3) is 5.56 Å². The minimum absolute atomic E-state index is 0.392. The summed E-state index contributed by atoms with van der Waals surface area (Å²) in [6, 6.07) is -0.447. The van der Waals surface area contributed by atoms with Crippen molar-refractivity contribution in [3.8, 4) is 0 Å². The summed E-state index contributed by atoms with van der Waals surface area (Å²) in [5.41, 5.74) is -1.72. The van der Waals surface area contributed by atoms with Crippen molar-refractivity contribution in [3.05, 3.63) is 32.9 Å². The highest BCUT2D eigenvalue weighted by Crippen LogP contribution is 2.44. The number of halogens is 1. The van der Waals surface area contributed by atoms with Crippen LogP contribution in [0.4, 0.5) is 4.39 Å². The van der Waals surface area contributed by atoms with E-state index in [9.17, 15) is 14.0 Å². The van der Waals surface area contributed by atoms with Gasteiger partial charge in [0.1, 0.15) is 21.9 Å². The molecule has 1 aromatic heterocycles. The molecule has 1 aliphatic rings. The molecular weight excluding hydrogens is 320 g/mol. The molecule has 2 rings (SSSR count). The van der Waals surface area contributed by atoms with Crippen LogP contribution in [0, 0.1) is 5.82 Å². The molecular formula is C9H13B2FN2O7P+. The fourth-order valence-corrected chi connectivity index (χ4v) is 1.82. The second-order valence-electron chi connectivity index (χ2n) is 4.16. The first-order valence-corrected chi connectivity index (χ1v) is 7.54. The summed E-state index contributed by atoms with van der Waals surface area (Å²) in [6.07, 6.45) is 1.35. The zero-order valence-corrected chi connectivity index (χ0v) is 12.1. The molecule has 0 amide bonds. The molecule has 22 heavy (non-hydrogen) atoms. The van der Waals surface area contributed by atoms with Crippen LogP contribution in [0.3, 0.4) is 0 Å². The molecule has 1 fully saturated rings. The number of rotatable bonds is 3. The van der Waals surface area contributed by atoms with E-state index in [1.54, 1.807) is 0 Å². The largest absolute Gasteiger partial charge is 0.566 e. The van der Waals surface area contributed by atoms with Gasteiger partial charge in [0.05, 0.1) is 12.7 Å². The molecule has 4 radical (unpaired) electrons. The number of H-pyrrole nitrogens is 1. The Balaban J connectivity index is 0.000000295. The maximum Gasteiger partial charge on any atom is 0.566 e. The topological polar surface area (TPSA) is 134 Å². The molecule has 1 aromatic rings. The molecule has 1 saturated heterocycles. The maximum absolute atomic E-state index is 12.9. The third kappa shape index (κ3) is 5.99. The van der Waals surface area contributed by atoms with Gasteiger partial charge in [-0.25, -0.2) is 4.79 Å². The van der Waals surface area contributed by atoms with E-state index >= 15 is 0 Å². The van der Waals surface area contributed by atoms with E-state index in [0.29, 0.717) is 12.8 Å². The zero-order chi connectivity index (χ0) is 16.9. The number of ether oxygens (including phenoxy) is 1. The fourth-order valence-electron chi connectivity index (χ4n) is 1.62. The van der Waals surface area contributed by atoms with Crippen LogP contribution in [-0.2, 0) is 9.26 Å². The summed E-state index contributed by atoms with van der Waals surface area (Å²) in [5.74, 6) is -1.02. The van der Waals surface area contributed by atoms with Crippen molar-refractivity contribution in [1.82, 2.24) is 9.55 Å². The monoisotopic (exact) mass is 333 g/mol. The Labute approximate surface area is 127 Å². The lowest BCUT2D eigenvalue weighted by Crippen LogP contribution is -2.33. The van der Waals surface area contributed by atoms with Gasteiger partial charge in [-0.1, -0.05) is 0 Å². The smallest absolute Gasteiger partial charge is 0.364 e. The predicted octanol–water partition coefficient (Wildman–Crippen LogP) is -1.74. The van der Waals surface area contributed by atoms with Gasteiger partial charge >= 0.3 is 13.9 Å². The van der Waals surface area contributed by atoms with Crippen molar-refractivity contribution in [2.75, 3.05) is 6.51 Å². The molecule has 0 aromatic carbocycles. The lowest BCUT2D eigenvalue weighted by molar-refractivity contribution is 0.0332. The normalized spacial score (nSPS) is 21.3. The molecule has 9 nitrogen and oxygen atoms in total. The Hall–Kier alpha value is -1.03.